The summed E-state index contributed by atoms with van der Waals surface area (Å²) in [7, 11) is 1.81. The third-order valence-electron chi connectivity index (χ3n) is 6.92. The van der Waals surface area contributed by atoms with Crippen molar-refractivity contribution in [1.29, 1.82) is 0 Å². The quantitative estimate of drug-likeness (QED) is 0.740. The van der Waals surface area contributed by atoms with Crippen LogP contribution < -0.4 is 4.74 Å². The van der Waals surface area contributed by atoms with Gasteiger partial charge >= 0.3 is 0 Å². The largest absolute Gasteiger partial charge is 0.496 e. The van der Waals surface area contributed by atoms with Crippen LogP contribution in [0.4, 0.5) is 0 Å². The number of hydrogen-bond donors (Lipinski definition) is 0. The van der Waals surface area contributed by atoms with Gasteiger partial charge in [-0.2, -0.15) is 0 Å². The Morgan fingerprint density at radius 2 is 1.96 bits per heavy atom. The van der Waals surface area contributed by atoms with Crippen molar-refractivity contribution in [2.75, 3.05) is 20.2 Å². The second-order valence-electron chi connectivity index (χ2n) is 8.21. The summed E-state index contributed by atoms with van der Waals surface area (Å²) >= 11 is 0. The minimum Gasteiger partial charge on any atom is -0.496 e. The topological polar surface area (TPSA) is 12.5 Å². The number of likely N-dealkylation sites (tertiary alicyclic amines) is 1. The number of methoxy groups -OCH3 is 1. The zero-order valence-corrected chi connectivity index (χ0v) is 15.3. The Balaban J connectivity index is 1.35. The van der Waals surface area contributed by atoms with Crippen LogP contribution in [0.2, 0.25) is 0 Å². The van der Waals surface area contributed by atoms with Gasteiger partial charge in [-0.1, -0.05) is 44.2 Å². The summed E-state index contributed by atoms with van der Waals surface area (Å²) in [6.45, 7) is 2.63. The van der Waals surface area contributed by atoms with Crippen molar-refractivity contribution in [3.63, 3.8) is 0 Å². The molecule has 24 heavy (non-hydrogen) atoms. The Bertz CT molecular complexity index is 549. The van der Waals surface area contributed by atoms with Crippen LogP contribution in [-0.2, 0) is 6.42 Å². The molecule has 4 rings (SSSR count). The van der Waals surface area contributed by atoms with E-state index in [1.807, 2.05) is 7.11 Å². The van der Waals surface area contributed by atoms with Gasteiger partial charge in [0.05, 0.1) is 7.11 Å². The molecule has 1 aromatic rings. The van der Waals surface area contributed by atoms with Gasteiger partial charge in [-0.3, -0.25) is 4.90 Å². The van der Waals surface area contributed by atoms with E-state index in [1.165, 1.54) is 82.9 Å². The fraction of sp³-hybridized carbons (Fsp3) is 0.727. The van der Waals surface area contributed by atoms with Gasteiger partial charge in [0.15, 0.2) is 0 Å². The highest BCUT2D eigenvalue weighted by atomic mass is 16.5. The van der Waals surface area contributed by atoms with Gasteiger partial charge < -0.3 is 4.74 Å². The van der Waals surface area contributed by atoms with E-state index in [4.69, 9.17) is 4.74 Å². The van der Waals surface area contributed by atoms with E-state index in [-0.39, 0.29) is 0 Å². The van der Waals surface area contributed by atoms with Gasteiger partial charge in [0.1, 0.15) is 5.75 Å². The number of hydrogen-bond acceptors (Lipinski definition) is 2. The maximum atomic E-state index is 5.61. The van der Waals surface area contributed by atoms with Crippen molar-refractivity contribution in [1.82, 2.24) is 4.90 Å². The first kappa shape index (κ1) is 16.4. The minimum atomic E-state index is 0.749. The van der Waals surface area contributed by atoms with E-state index in [0.717, 1.165) is 23.6 Å². The van der Waals surface area contributed by atoms with Crippen LogP contribution in [0.5, 0.6) is 5.75 Å². The lowest BCUT2D eigenvalue weighted by atomic mass is 9.79. The Hall–Kier alpha value is -1.02. The Labute approximate surface area is 147 Å². The lowest BCUT2D eigenvalue weighted by Gasteiger charge is -2.34. The van der Waals surface area contributed by atoms with E-state index in [9.17, 15) is 0 Å². The van der Waals surface area contributed by atoms with Gasteiger partial charge in [-0.15, -0.1) is 0 Å². The molecule has 0 N–H and O–H groups in total. The number of ether oxygens (including phenoxy) is 1. The standard InChI is InChI=1S/C22H33NO/c1-24-22-11-5-10-18-19-14-16-23(21(19)13-12-20(18)22)15-6-9-17-7-3-2-4-8-17/h5,10-11,17,19,21H,2-4,6-9,12-16H2,1H3. The summed E-state index contributed by atoms with van der Waals surface area (Å²) in [5, 5.41) is 0. The molecule has 1 aliphatic heterocycles. The molecule has 1 aromatic carbocycles. The molecule has 0 aromatic heterocycles. The molecule has 2 nitrogen and oxygen atoms in total. The molecular formula is C22H33NO. The fourth-order valence-electron chi connectivity index (χ4n) is 5.68. The summed E-state index contributed by atoms with van der Waals surface area (Å²) in [5.41, 5.74) is 3.07. The van der Waals surface area contributed by atoms with Crippen LogP contribution in [0, 0.1) is 5.92 Å². The van der Waals surface area contributed by atoms with Crippen molar-refractivity contribution in [3.8, 4) is 5.75 Å². The second kappa shape index (κ2) is 7.47. The predicted octanol–water partition coefficient (Wildman–Crippen LogP) is 5.16. The maximum absolute atomic E-state index is 5.61. The van der Waals surface area contributed by atoms with E-state index < -0.39 is 0 Å². The number of rotatable bonds is 5. The molecule has 1 saturated heterocycles. The Morgan fingerprint density at radius 3 is 2.79 bits per heavy atom. The molecule has 1 saturated carbocycles. The molecule has 0 bridgehead atoms. The average molecular weight is 328 g/mol. The number of nitrogens with zero attached hydrogens (tertiary/aromatic N) is 1. The molecule has 3 aliphatic rings. The van der Waals surface area contributed by atoms with Gasteiger partial charge in [0.2, 0.25) is 0 Å². The smallest absolute Gasteiger partial charge is 0.122 e. The second-order valence-corrected chi connectivity index (χ2v) is 8.21. The van der Waals surface area contributed by atoms with E-state index in [1.54, 1.807) is 5.56 Å². The Morgan fingerprint density at radius 1 is 1.08 bits per heavy atom. The highest BCUT2D eigenvalue weighted by molar-refractivity contribution is 5.45. The molecule has 2 atom stereocenters. The van der Waals surface area contributed by atoms with Crippen molar-refractivity contribution < 1.29 is 4.74 Å². The molecule has 0 amide bonds. The SMILES string of the molecule is COc1cccc2c1CCC1C2CCN1CCCC1CCCCC1. The van der Waals surface area contributed by atoms with Crippen LogP contribution in [-0.4, -0.2) is 31.1 Å². The number of benzene rings is 1. The molecule has 2 aliphatic carbocycles. The molecule has 2 heteroatoms. The van der Waals surface area contributed by atoms with Crippen LogP contribution >= 0.6 is 0 Å². The summed E-state index contributed by atoms with van der Waals surface area (Å²) in [6, 6.07) is 7.47. The molecule has 2 fully saturated rings. The lowest BCUT2D eigenvalue weighted by molar-refractivity contribution is 0.212. The van der Waals surface area contributed by atoms with Gasteiger partial charge in [0, 0.05) is 12.0 Å². The monoisotopic (exact) mass is 327 g/mol. The van der Waals surface area contributed by atoms with E-state index >= 15 is 0 Å². The molecule has 0 spiro atoms. The van der Waals surface area contributed by atoms with Crippen molar-refractivity contribution in [3.05, 3.63) is 29.3 Å². The van der Waals surface area contributed by atoms with Gasteiger partial charge in [-0.05, 0) is 68.3 Å². The average Bonchev–Trinajstić information content (AvgIpc) is 3.05. The predicted molar refractivity (Wildman–Crippen MR) is 99.8 cm³/mol. The van der Waals surface area contributed by atoms with Crippen LogP contribution in [0.15, 0.2) is 18.2 Å². The zero-order valence-electron chi connectivity index (χ0n) is 15.3. The highest BCUT2D eigenvalue weighted by Crippen LogP contribution is 2.44. The maximum Gasteiger partial charge on any atom is 0.122 e. The van der Waals surface area contributed by atoms with Crippen molar-refractivity contribution in [2.45, 2.75) is 76.2 Å². The molecule has 0 radical (unpaired) electrons. The van der Waals surface area contributed by atoms with E-state index in [0.29, 0.717) is 0 Å². The molecule has 2 unspecified atom stereocenters. The number of fused-ring (bicyclic) bond motifs is 3. The first-order chi connectivity index (χ1) is 11.9. The first-order valence-electron chi connectivity index (χ1n) is 10.3. The van der Waals surface area contributed by atoms with Gasteiger partial charge in [0.25, 0.3) is 0 Å². The summed E-state index contributed by atoms with van der Waals surface area (Å²) in [6.07, 6.45) is 14.2. The zero-order chi connectivity index (χ0) is 16.4. The minimum absolute atomic E-state index is 0.749. The fourth-order valence-corrected chi connectivity index (χ4v) is 5.68. The third kappa shape index (κ3) is 3.22. The normalized spacial score (nSPS) is 27.7. The van der Waals surface area contributed by atoms with Crippen LogP contribution in [0.3, 0.4) is 0 Å². The highest BCUT2D eigenvalue weighted by Gasteiger charge is 2.39. The first-order valence-corrected chi connectivity index (χ1v) is 10.3. The Kier molecular flexibility index (Phi) is 5.12. The van der Waals surface area contributed by atoms with Gasteiger partial charge in [-0.25, -0.2) is 0 Å². The van der Waals surface area contributed by atoms with Crippen LogP contribution in [0.1, 0.15) is 74.8 Å². The lowest BCUT2D eigenvalue weighted by Crippen LogP contribution is -2.36. The molecule has 132 valence electrons. The van der Waals surface area contributed by atoms with Crippen molar-refractivity contribution in [2.24, 2.45) is 5.92 Å². The van der Waals surface area contributed by atoms with Crippen LogP contribution in [0.25, 0.3) is 0 Å². The molecular weight excluding hydrogens is 294 g/mol. The third-order valence-corrected chi connectivity index (χ3v) is 6.92. The summed E-state index contributed by atoms with van der Waals surface area (Å²) in [4.78, 5) is 2.82. The van der Waals surface area contributed by atoms with E-state index in [2.05, 4.69) is 23.1 Å². The summed E-state index contributed by atoms with van der Waals surface area (Å²) in [5.74, 6) is 2.90. The summed E-state index contributed by atoms with van der Waals surface area (Å²) < 4.78 is 5.61. The van der Waals surface area contributed by atoms with Crippen molar-refractivity contribution >= 4 is 0 Å². The molecule has 1 heterocycles.